The number of carbonyl (C=O) groups is 2. The molecule has 2 atom stereocenters. The number of amides is 2. The molecule has 0 radical (unpaired) electrons. The molecule has 2 aliphatic heterocycles. The Hall–Kier alpha value is -1.26. The third-order valence-corrected chi connectivity index (χ3v) is 3.19. The van der Waals surface area contributed by atoms with Gasteiger partial charge >= 0.3 is 6.09 Å². The van der Waals surface area contributed by atoms with Gasteiger partial charge in [0.15, 0.2) is 0 Å². The highest BCUT2D eigenvalue weighted by atomic mass is 16.6. The molecule has 96 valence electrons. The van der Waals surface area contributed by atoms with Gasteiger partial charge in [0.05, 0.1) is 12.1 Å². The maximum Gasteiger partial charge on any atom is 0.410 e. The van der Waals surface area contributed by atoms with Crippen LogP contribution in [0.3, 0.4) is 0 Å². The molecule has 0 spiro atoms. The number of carbonyl (C=O) groups excluding carboxylic acids is 2. The molecule has 0 aromatic carbocycles. The van der Waals surface area contributed by atoms with Gasteiger partial charge < -0.3 is 15.0 Å². The number of piperidine rings is 1. The summed E-state index contributed by atoms with van der Waals surface area (Å²) in [7, 11) is 0. The zero-order valence-electron chi connectivity index (χ0n) is 10.7. The summed E-state index contributed by atoms with van der Waals surface area (Å²) in [5.74, 6) is 0.0947. The number of likely N-dealkylation sites (tertiary alicyclic amines) is 1. The number of nitrogens with zero attached hydrogens (tertiary/aromatic N) is 1. The van der Waals surface area contributed by atoms with Crippen molar-refractivity contribution in [3.8, 4) is 0 Å². The van der Waals surface area contributed by atoms with Crippen molar-refractivity contribution in [3.63, 3.8) is 0 Å². The van der Waals surface area contributed by atoms with Crippen LogP contribution in [0.15, 0.2) is 0 Å². The van der Waals surface area contributed by atoms with Crippen molar-refractivity contribution in [2.45, 2.75) is 57.7 Å². The highest BCUT2D eigenvalue weighted by molar-refractivity contribution is 5.78. The Morgan fingerprint density at radius 3 is 2.76 bits per heavy atom. The minimum Gasteiger partial charge on any atom is -0.444 e. The van der Waals surface area contributed by atoms with E-state index >= 15 is 0 Å². The summed E-state index contributed by atoms with van der Waals surface area (Å²) in [6, 6.07) is 0.228. The molecule has 2 amide bonds. The molecule has 2 heterocycles. The van der Waals surface area contributed by atoms with Crippen molar-refractivity contribution in [2.75, 3.05) is 6.54 Å². The van der Waals surface area contributed by atoms with E-state index in [2.05, 4.69) is 5.32 Å². The number of ether oxygens (including phenoxy) is 1. The van der Waals surface area contributed by atoms with Crippen LogP contribution in [0.1, 0.15) is 40.0 Å². The average molecular weight is 240 g/mol. The van der Waals surface area contributed by atoms with E-state index in [0.717, 1.165) is 12.8 Å². The summed E-state index contributed by atoms with van der Waals surface area (Å²) in [6.45, 7) is 6.26. The third kappa shape index (κ3) is 2.70. The molecule has 0 bridgehead atoms. The largest absolute Gasteiger partial charge is 0.444 e. The molecule has 17 heavy (non-hydrogen) atoms. The number of rotatable bonds is 0. The van der Waals surface area contributed by atoms with E-state index in [1.54, 1.807) is 4.90 Å². The second kappa shape index (κ2) is 4.20. The second-order valence-electron chi connectivity index (χ2n) is 5.74. The maximum absolute atomic E-state index is 12.0. The van der Waals surface area contributed by atoms with Crippen LogP contribution >= 0.6 is 0 Å². The fourth-order valence-electron chi connectivity index (χ4n) is 2.48. The third-order valence-electron chi connectivity index (χ3n) is 3.19. The number of fused-ring (bicyclic) bond motifs is 1. The van der Waals surface area contributed by atoms with Gasteiger partial charge in [0.25, 0.3) is 0 Å². The van der Waals surface area contributed by atoms with Crippen molar-refractivity contribution in [1.29, 1.82) is 0 Å². The monoisotopic (exact) mass is 240 g/mol. The lowest BCUT2D eigenvalue weighted by Gasteiger charge is -2.33. The van der Waals surface area contributed by atoms with Crippen LogP contribution in [-0.4, -0.2) is 41.1 Å². The van der Waals surface area contributed by atoms with Crippen molar-refractivity contribution >= 4 is 12.0 Å². The summed E-state index contributed by atoms with van der Waals surface area (Å²) in [5.41, 5.74) is -0.465. The first-order valence-corrected chi connectivity index (χ1v) is 6.16. The highest BCUT2D eigenvalue weighted by Crippen LogP contribution is 2.27. The van der Waals surface area contributed by atoms with Crippen molar-refractivity contribution in [3.05, 3.63) is 0 Å². The van der Waals surface area contributed by atoms with Crippen molar-refractivity contribution < 1.29 is 14.3 Å². The summed E-state index contributed by atoms with van der Waals surface area (Å²) < 4.78 is 5.37. The van der Waals surface area contributed by atoms with Crippen LogP contribution in [0.25, 0.3) is 0 Å². The van der Waals surface area contributed by atoms with Crippen LogP contribution in [0.5, 0.6) is 0 Å². The Kier molecular flexibility index (Phi) is 3.02. The minimum absolute atomic E-state index is 0.0947. The predicted molar refractivity (Wildman–Crippen MR) is 62.5 cm³/mol. The van der Waals surface area contributed by atoms with E-state index < -0.39 is 5.60 Å². The molecular formula is C12H20N2O3. The van der Waals surface area contributed by atoms with Crippen LogP contribution in [0, 0.1) is 0 Å². The molecular weight excluding hydrogens is 220 g/mol. The summed E-state index contributed by atoms with van der Waals surface area (Å²) in [5, 5.41) is 2.94. The normalized spacial score (nSPS) is 28.6. The van der Waals surface area contributed by atoms with Gasteiger partial charge in [-0.3, -0.25) is 4.79 Å². The van der Waals surface area contributed by atoms with Crippen LogP contribution in [-0.2, 0) is 9.53 Å². The second-order valence-corrected chi connectivity index (χ2v) is 5.74. The molecule has 0 saturated carbocycles. The van der Waals surface area contributed by atoms with E-state index in [1.165, 1.54) is 0 Å². The van der Waals surface area contributed by atoms with E-state index in [9.17, 15) is 9.59 Å². The SMILES string of the molecule is CC(C)(C)OC(=O)N1CC[C@H]2NC(=O)CC[C@H]21. The van der Waals surface area contributed by atoms with Gasteiger partial charge in [0, 0.05) is 13.0 Å². The van der Waals surface area contributed by atoms with E-state index in [1.807, 2.05) is 20.8 Å². The summed E-state index contributed by atoms with van der Waals surface area (Å²) >= 11 is 0. The van der Waals surface area contributed by atoms with Crippen LogP contribution < -0.4 is 5.32 Å². The molecule has 0 unspecified atom stereocenters. The molecule has 5 heteroatoms. The Morgan fingerprint density at radius 1 is 1.41 bits per heavy atom. The Labute approximate surface area is 101 Å². The molecule has 2 rings (SSSR count). The maximum atomic E-state index is 12.0. The predicted octanol–water partition coefficient (Wildman–Crippen LogP) is 1.27. The summed E-state index contributed by atoms with van der Waals surface area (Å²) in [4.78, 5) is 25.0. The van der Waals surface area contributed by atoms with Gasteiger partial charge in [-0.15, -0.1) is 0 Å². The van der Waals surface area contributed by atoms with Crippen LogP contribution in [0.4, 0.5) is 4.79 Å². The average Bonchev–Trinajstić information content (AvgIpc) is 2.57. The Morgan fingerprint density at radius 2 is 2.12 bits per heavy atom. The molecule has 2 aliphatic rings. The molecule has 2 saturated heterocycles. The number of hydrogen-bond acceptors (Lipinski definition) is 3. The Balaban J connectivity index is 1.99. The first-order valence-electron chi connectivity index (χ1n) is 6.16. The topological polar surface area (TPSA) is 58.6 Å². The smallest absolute Gasteiger partial charge is 0.410 e. The minimum atomic E-state index is -0.465. The van der Waals surface area contributed by atoms with Gasteiger partial charge in [0.1, 0.15) is 5.60 Å². The van der Waals surface area contributed by atoms with Gasteiger partial charge in [0.2, 0.25) is 5.91 Å². The van der Waals surface area contributed by atoms with Gasteiger partial charge in [-0.2, -0.15) is 0 Å². The molecule has 0 aliphatic carbocycles. The van der Waals surface area contributed by atoms with Gasteiger partial charge in [-0.25, -0.2) is 4.79 Å². The lowest BCUT2D eigenvalue weighted by molar-refractivity contribution is -0.124. The standard InChI is InChI=1S/C12H20N2O3/c1-12(2,3)17-11(16)14-7-6-8-9(14)4-5-10(15)13-8/h8-9H,4-7H2,1-3H3,(H,13,15)/t8-,9-/m1/s1. The zero-order valence-corrected chi connectivity index (χ0v) is 10.7. The van der Waals surface area contributed by atoms with E-state index in [0.29, 0.717) is 13.0 Å². The molecule has 1 N–H and O–H groups in total. The molecule has 0 aromatic heterocycles. The lowest BCUT2D eigenvalue weighted by atomic mass is 9.99. The molecule has 5 nitrogen and oxygen atoms in total. The number of nitrogens with one attached hydrogen (secondary N) is 1. The lowest BCUT2D eigenvalue weighted by Crippen LogP contribution is -2.51. The van der Waals surface area contributed by atoms with E-state index in [4.69, 9.17) is 4.74 Å². The quantitative estimate of drug-likeness (QED) is 0.693. The fraction of sp³-hybridized carbons (Fsp3) is 0.833. The van der Waals surface area contributed by atoms with Crippen molar-refractivity contribution in [2.24, 2.45) is 0 Å². The van der Waals surface area contributed by atoms with Crippen LogP contribution in [0.2, 0.25) is 0 Å². The number of hydrogen-bond donors (Lipinski definition) is 1. The first kappa shape index (κ1) is 12.2. The zero-order chi connectivity index (χ0) is 12.6. The molecule has 2 fully saturated rings. The van der Waals surface area contributed by atoms with Gasteiger partial charge in [-0.1, -0.05) is 0 Å². The molecule has 0 aromatic rings. The van der Waals surface area contributed by atoms with Crippen molar-refractivity contribution in [1.82, 2.24) is 10.2 Å². The van der Waals surface area contributed by atoms with Gasteiger partial charge in [-0.05, 0) is 33.6 Å². The Bertz CT molecular complexity index is 335. The summed E-state index contributed by atoms with van der Waals surface area (Å²) in [6.07, 6.45) is 1.81. The fourth-order valence-corrected chi connectivity index (χ4v) is 2.48. The highest BCUT2D eigenvalue weighted by Gasteiger charge is 2.41. The van der Waals surface area contributed by atoms with E-state index in [-0.39, 0.29) is 24.1 Å². The first-order chi connectivity index (χ1) is 7.87.